The van der Waals surface area contributed by atoms with Crippen molar-refractivity contribution in [2.45, 2.75) is 32.4 Å². The average molecular weight is 282 g/mol. The zero-order valence-corrected chi connectivity index (χ0v) is 11.4. The number of halogens is 3. The van der Waals surface area contributed by atoms with Crippen LogP contribution in [0.1, 0.15) is 31.9 Å². The highest BCUT2D eigenvalue weighted by Gasteiger charge is 2.24. The van der Waals surface area contributed by atoms with Crippen LogP contribution in [0.15, 0.2) is 18.2 Å². The fourth-order valence-electron chi connectivity index (χ4n) is 1.55. The summed E-state index contributed by atoms with van der Waals surface area (Å²) < 4.78 is 13.5. The first-order valence-corrected chi connectivity index (χ1v) is 5.73. The Hall–Kier alpha value is -0.350. The van der Waals surface area contributed by atoms with Gasteiger partial charge in [-0.3, -0.25) is 0 Å². The van der Waals surface area contributed by atoms with Crippen LogP contribution in [0.5, 0.6) is 0 Å². The van der Waals surface area contributed by atoms with Gasteiger partial charge in [-0.05, 0) is 24.1 Å². The van der Waals surface area contributed by atoms with Gasteiger partial charge in [0.2, 0.25) is 0 Å². The number of rotatable bonds is 4. The second kappa shape index (κ2) is 7.17. The summed E-state index contributed by atoms with van der Waals surface area (Å²) in [4.78, 5) is 0. The van der Waals surface area contributed by atoms with E-state index < -0.39 is 18.0 Å². The third kappa shape index (κ3) is 4.11. The van der Waals surface area contributed by atoms with Crippen LogP contribution >= 0.6 is 24.0 Å². The van der Waals surface area contributed by atoms with Gasteiger partial charge >= 0.3 is 0 Å². The molecule has 1 aromatic carbocycles. The van der Waals surface area contributed by atoms with Crippen molar-refractivity contribution in [2.24, 2.45) is 11.7 Å². The maximum atomic E-state index is 13.5. The van der Waals surface area contributed by atoms with Crippen LogP contribution in [0.4, 0.5) is 4.39 Å². The molecule has 3 N–H and O–H groups in total. The van der Waals surface area contributed by atoms with Gasteiger partial charge in [-0.15, -0.1) is 12.4 Å². The highest BCUT2D eigenvalue weighted by atomic mass is 35.5. The van der Waals surface area contributed by atoms with Crippen molar-refractivity contribution in [2.75, 3.05) is 0 Å². The molecule has 17 heavy (non-hydrogen) atoms. The van der Waals surface area contributed by atoms with Crippen molar-refractivity contribution in [1.82, 2.24) is 0 Å². The largest absolute Gasteiger partial charge is 0.391 e. The lowest BCUT2D eigenvalue weighted by atomic mass is 9.91. The van der Waals surface area contributed by atoms with Gasteiger partial charge in [0.05, 0.1) is 12.1 Å². The van der Waals surface area contributed by atoms with Gasteiger partial charge in [0, 0.05) is 10.6 Å². The van der Waals surface area contributed by atoms with Crippen LogP contribution in [-0.4, -0.2) is 11.2 Å². The Kier molecular flexibility index (Phi) is 7.02. The molecule has 0 aliphatic heterocycles. The molecule has 0 aromatic heterocycles. The molecule has 0 spiro atoms. The van der Waals surface area contributed by atoms with E-state index in [1.54, 1.807) is 0 Å². The maximum absolute atomic E-state index is 13.5. The molecular formula is C12H18Cl2FNO. The number of hydrogen-bond donors (Lipinski definition) is 2. The lowest BCUT2D eigenvalue weighted by Gasteiger charge is -2.24. The predicted molar refractivity (Wildman–Crippen MR) is 71.0 cm³/mol. The molecule has 0 saturated heterocycles. The maximum Gasteiger partial charge on any atom is 0.128 e. The second-order valence-electron chi connectivity index (χ2n) is 4.07. The Morgan fingerprint density at radius 3 is 2.59 bits per heavy atom. The zero-order valence-electron chi connectivity index (χ0n) is 9.86. The second-order valence-corrected chi connectivity index (χ2v) is 4.50. The topological polar surface area (TPSA) is 46.2 Å². The van der Waals surface area contributed by atoms with Crippen molar-refractivity contribution in [3.05, 3.63) is 34.6 Å². The molecule has 0 fully saturated rings. The van der Waals surface area contributed by atoms with Crippen molar-refractivity contribution in [3.8, 4) is 0 Å². The quantitative estimate of drug-likeness (QED) is 0.890. The van der Waals surface area contributed by atoms with Crippen molar-refractivity contribution >= 4 is 24.0 Å². The summed E-state index contributed by atoms with van der Waals surface area (Å²) in [7, 11) is 0. The highest BCUT2D eigenvalue weighted by molar-refractivity contribution is 6.30. The average Bonchev–Trinajstić information content (AvgIpc) is 2.29. The van der Waals surface area contributed by atoms with E-state index in [1.807, 2.05) is 13.8 Å². The molecule has 0 aliphatic carbocycles. The van der Waals surface area contributed by atoms with Gasteiger partial charge < -0.3 is 10.8 Å². The van der Waals surface area contributed by atoms with Gasteiger partial charge in [0.15, 0.2) is 0 Å². The van der Waals surface area contributed by atoms with E-state index in [1.165, 1.54) is 18.2 Å². The first-order chi connectivity index (χ1) is 7.47. The van der Waals surface area contributed by atoms with Gasteiger partial charge in [-0.1, -0.05) is 31.9 Å². The van der Waals surface area contributed by atoms with Crippen LogP contribution in [0.3, 0.4) is 0 Å². The standard InChI is InChI=1S/C12H17ClFNO.ClH/c1-3-7(2)12(16)11(15)9-6-8(13)4-5-10(9)14;/h4-7,11-12,16H,3,15H2,1-2H3;1H/t7?,11-,12+;/m1./s1. The molecule has 1 rings (SSSR count). The molecular weight excluding hydrogens is 264 g/mol. The van der Waals surface area contributed by atoms with Gasteiger partial charge in [0.1, 0.15) is 5.82 Å². The van der Waals surface area contributed by atoms with Crippen molar-refractivity contribution in [1.29, 1.82) is 0 Å². The fraction of sp³-hybridized carbons (Fsp3) is 0.500. The Morgan fingerprint density at radius 1 is 1.47 bits per heavy atom. The molecule has 3 atom stereocenters. The predicted octanol–water partition coefficient (Wildman–Crippen LogP) is 3.31. The Labute approximate surface area is 112 Å². The fourth-order valence-corrected chi connectivity index (χ4v) is 1.73. The molecule has 1 unspecified atom stereocenters. The number of aliphatic hydroxyl groups excluding tert-OH is 1. The summed E-state index contributed by atoms with van der Waals surface area (Å²) in [6.45, 7) is 3.84. The van der Waals surface area contributed by atoms with Gasteiger partial charge in [0.25, 0.3) is 0 Å². The van der Waals surface area contributed by atoms with Crippen molar-refractivity contribution in [3.63, 3.8) is 0 Å². The van der Waals surface area contributed by atoms with Crippen LogP contribution in [0, 0.1) is 11.7 Å². The minimum absolute atomic E-state index is 0. The Morgan fingerprint density at radius 2 is 2.06 bits per heavy atom. The van der Waals surface area contributed by atoms with Gasteiger partial charge in [-0.25, -0.2) is 4.39 Å². The smallest absolute Gasteiger partial charge is 0.128 e. The molecule has 98 valence electrons. The summed E-state index contributed by atoms with van der Waals surface area (Å²) in [6.07, 6.45) is 0.0230. The molecule has 1 aromatic rings. The molecule has 2 nitrogen and oxygen atoms in total. The van der Waals surface area contributed by atoms with E-state index in [0.717, 1.165) is 6.42 Å². The van der Waals surface area contributed by atoms with Crippen LogP contribution in [0.25, 0.3) is 0 Å². The van der Waals surface area contributed by atoms with Crippen LogP contribution in [0.2, 0.25) is 5.02 Å². The molecule has 0 radical (unpaired) electrons. The summed E-state index contributed by atoms with van der Waals surface area (Å²) in [6, 6.07) is 3.45. The first kappa shape index (κ1) is 16.6. The summed E-state index contributed by atoms with van der Waals surface area (Å²) in [5, 5.41) is 10.3. The van der Waals surface area contributed by atoms with Crippen LogP contribution in [-0.2, 0) is 0 Å². The van der Waals surface area contributed by atoms with E-state index in [4.69, 9.17) is 17.3 Å². The summed E-state index contributed by atoms with van der Waals surface area (Å²) in [5.74, 6) is -0.410. The first-order valence-electron chi connectivity index (χ1n) is 5.36. The normalized spacial score (nSPS) is 15.9. The lowest BCUT2D eigenvalue weighted by Crippen LogP contribution is -2.32. The third-order valence-electron chi connectivity index (χ3n) is 2.91. The number of benzene rings is 1. The third-order valence-corrected chi connectivity index (χ3v) is 3.15. The molecule has 0 amide bonds. The number of aliphatic hydroxyl groups is 1. The van der Waals surface area contributed by atoms with E-state index in [-0.39, 0.29) is 23.9 Å². The molecule has 0 bridgehead atoms. The molecule has 0 heterocycles. The van der Waals surface area contributed by atoms with E-state index in [9.17, 15) is 9.50 Å². The van der Waals surface area contributed by atoms with Crippen molar-refractivity contribution < 1.29 is 9.50 Å². The van der Waals surface area contributed by atoms with E-state index in [2.05, 4.69) is 0 Å². The summed E-state index contributed by atoms with van der Waals surface area (Å²) in [5.41, 5.74) is 6.10. The monoisotopic (exact) mass is 281 g/mol. The Bertz CT molecular complexity index is 362. The zero-order chi connectivity index (χ0) is 12.3. The Balaban J connectivity index is 0.00000256. The van der Waals surface area contributed by atoms with Crippen LogP contribution < -0.4 is 5.73 Å². The van der Waals surface area contributed by atoms with Gasteiger partial charge in [-0.2, -0.15) is 0 Å². The lowest BCUT2D eigenvalue weighted by molar-refractivity contribution is 0.0867. The summed E-state index contributed by atoms with van der Waals surface area (Å²) >= 11 is 5.78. The number of hydrogen-bond acceptors (Lipinski definition) is 2. The van der Waals surface area contributed by atoms with E-state index >= 15 is 0 Å². The minimum Gasteiger partial charge on any atom is -0.391 e. The molecule has 0 aliphatic rings. The minimum atomic E-state index is -0.766. The highest BCUT2D eigenvalue weighted by Crippen LogP contribution is 2.26. The molecule has 5 heteroatoms. The molecule has 0 saturated carbocycles. The SMILES string of the molecule is CCC(C)[C@H](O)[C@H](N)c1cc(Cl)ccc1F.Cl. The van der Waals surface area contributed by atoms with E-state index in [0.29, 0.717) is 5.02 Å². The number of nitrogens with two attached hydrogens (primary N) is 1.